The number of hydrogen-bond acceptors (Lipinski definition) is 3. The van der Waals surface area contributed by atoms with Gasteiger partial charge in [0.1, 0.15) is 5.82 Å². The van der Waals surface area contributed by atoms with Crippen LogP contribution in [0.2, 0.25) is 0 Å². The van der Waals surface area contributed by atoms with Gasteiger partial charge in [-0.1, -0.05) is 19.3 Å². The van der Waals surface area contributed by atoms with Crippen molar-refractivity contribution in [1.82, 2.24) is 10.3 Å². The molecule has 0 unspecified atom stereocenters. The normalized spacial score (nSPS) is 16.6. The van der Waals surface area contributed by atoms with Gasteiger partial charge in [-0.05, 0) is 49.9 Å². The summed E-state index contributed by atoms with van der Waals surface area (Å²) in [5, 5.41) is 3.17. The Hall–Kier alpha value is -1.09. The maximum Gasteiger partial charge on any atom is 0.131 e. The molecular formula is C16H27N3. The molecule has 0 atom stereocenters. The fourth-order valence-corrected chi connectivity index (χ4v) is 3.17. The third-order valence-electron chi connectivity index (χ3n) is 4.11. The highest BCUT2D eigenvalue weighted by molar-refractivity contribution is 5.46. The highest BCUT2D eigenvalue weighted by Gasteiger charge is 2.17. The molecule has 0 spiro atoms. The van der Waals surface area contributed by atoms with E-state index in [-0.39, 0.29) is 0 Å². The van der Waals surface area contributed by atoms with Gasteiger partial charge in [0.15, 0.2) is 0 Å². The number of nitrogens with one attached hydrogen (secondary N) is 1. The number of hydrogen-bond donors (Lipinski definition) is 1. The maximum atomic E-state index is 4.65. The second-order valence-corrected chi connectivity index (χ2v) is 5.90. The Balaban J connectivity index is 1.99. The van der Waals surface area contributed by atoms with Crippen LogP contribution in [-0.2, 0) is 6.54 Å². The smallest absolute Gasteiger partial charge is 0.131 e. The molecule has 19 heavy (non-hydrogen) atoms. The summed E-state index contributed by atoms with van der Waals surface area (Å²) in [6.45, 7) is 4.21. The largest absolute Gasteiger partial charge is 0.359 e. The van der Waals surface area contributed by atoms with Gasteiger partial charge in [-0.25, -0.2) is 4.98 Å². The van der Waals surface area contributed by atoms with E-state index in [1.807, 2.05) is 13.2 Å². The second kappa shape index (κ2) is 6.90. The zero-order valence-corrected chi connectivity index (χ0v) is 12.6. The third-order valence-corrected chi connectivity index (χ3v) is 4.11. The molecule has 1 aromatic rings. The molecule has 0 bridgehead atoms. The van der Waals surface area contributed by atoms with Gasteiger partial charge < -0.3 is 10.2 Å². The molecule has 0 amide bonds. The molecule has 1 saturated carbocycles. The Kier molecular flexibility index (Phi) is 5.20. The van der Waals surface area contributed by atoms with Crippen LogP contribution in [0.1, 0.15) is 43.2 Å². The van der Waals surface area contributed by atoms with Crippen molar-refractivity contribution in [3.8, 4) is 0 Å². The number of anilines is 1. The lowest BCUT2D eigenvalue weighted by Gasteiger charge is -2.28. The number of pyridine rings is 1. The molecule has 1 heterocycles. The van der Waals surface area contributed by atoms with Crippen molar-refractivity contribution in [2.24, 2.45) is 5.92 Å². The maximum absolute atomic E-state index is 4.65. The van der Waals surface area contributed by atoms with Crippen LogP contribution in [0.3, 0.4) is 0 Å². The van der Waals surface area contributed by atoms with E-state index in [0.29, 0.717) is 0 Å². The Morgan fingerprint density at radius 2 is 2.05 bits per heavy atom. The zero-order valence-electron chi connectivity index (χ0n) is 12.6. The minimum Gasteiger partial charge on any atom is -0.359 e. The van der Waals surface area contributed by atoms with Crippen LogP contribution in [0.4, 0.5) is 5.82 Å². The van der Waals surface area contributed by atoms with E-state index in [0.717, 1.165) is 24.8 Å². The van der Waals surface area contributed by atoms with Crippen molar-refractivity contribution in [3.05, 3.63) is 23.4 Å². The molecule has 1 aliphatic carbocycles. The van der Waals surface area contributed by atoms with Crippen LogP contribution in [0.15, 0.2) is 12.3 Å². The van der Waals surface area contributed by atoms with Crippen molar-refractivity contribution in [1.29, 1.82) is 0 Å². The summed E-state index contributed by atoms with van der Waals surface area (Å²) in [6, 6.07) is 2.25. The van der Waals surface area contributed by atoms with E-state index < -0.39 is 0 Å². The fourth-order valence-electron chi connectivity index (χ4n) is 3.17. The summed E-state index contributed by atoms with van der Waals surface area (Å²) in [5.41, 5.74) is 2.54. The molecule has 1 aromatic heterocycles. The third kappa shape index (κ3) is 3.93. The molecule has 1 N–H and O–H groups in total. The summed E-state index contributed by atoms with van der Waals surface area (Å²) < 4.78 is 0. The van der Waals surface area contributed by atoms with E-state index in [1.165, 1.54) is 43.2 Å². The molecule has 1 fully saturated rings. The molecule has 3 nitrogen and oxygen atoms in total. The summed E-state index contributed by atoms with van der Waals surface area (Å²) >= 11 is 0. The van der Waals surface area contributed by atoms with Gasteiger partial charge in [0.2, 0.25) is 0 Å². The van der Waals surface area contributed by atoms with Gasteiger partial charge in [-0.15, -0.1) is 0 Å². The number of nitrogens with zero attached hydrogens (tertiary/aromatic N) is 2. The molecule has 2 rings (SSSR count). The van der Waals surface area contributed by atoms with E-state index >= 15 is 0 Å². The van der Waals surface area contributed by atoms with Crippen LogP contribution >= 0.6 is 0 Å². The number of aromatic nitrogens is 1. The van der Waals surface area contributed by atoms with Gasteiger partial charge in [-0.2, -0.15) is 0 Å². The zero-order chi connectivity index (χ0) is 13.7. The molecule has 0 saturated heterocycles. The Morgan fingerprint density at radius 1 is 1.32 bits per heavy atom. The number of aryl methyl sites for hydroxylation is 1. The molecule has 0 aliphatic heterocycles. The Labute approximate surface area is 117 Å². The second-order valence-electron chi connectivity index (χ2n) is 5.90. The average Bonchev–Trinajstić information content (AvgIpc) is 2.40. The minimum atomic E-state index is 0.858. The highest BCUT2D eigenvalue weighted by atomic mass is 15.2. The quantitative estimate of drug-likeness (QED) is 0.882. The minimum absolute atomic E-state index is 0.858. The Morgan fingerprint density at radius 3 is 2.68 bits per heavy atom. The molecular weight excluding hydrogens is 234 g/mol. The predicted molar refractivity (Wildman–Crippen MR) is 81.6 cm³/mol. The number of rotatable bonds is 5. The lowest BCUT2D eigenvalue weighted by atomic mass is 9.89. The van der Waals surface area contributed by atoms with Crippen molar-refractivity contribution < 1.29 is 0 Å². The predicted octanol–water partition coefficient (Wildman–Crippen LogP) is 3.13. The first kappa shape index (κ1) is 14.3. The van der Waals surface area contributed by atoms with Crippen molar-refractivity contribution >= 4 is 5.82 Å². The van der Waals surface area contributed by atoms with Gasteiger partial charge in [0.25, 0.3) is 0 Å². The van der Waals surface area contributed by atoms with Gasteiger partial charge in [-0.3, -0.25) is 0 Å². The van der Waals surface area contributed by atoms with Gasteiger partial charge in [0, 0.05) is 26.3 Å². The van der Waals surface area contributed by atoms with Crippen molar-refractivity contribution in [2.75, 3.05) is 25.5 Å². The molecule has 106 valence electrons. The van der Waals surface area contributed by atoms with Gasteiger partial charge >= 0.3 is 0 Å². The summed E-state index contributed by atoms with van der Waals surface area (Å²) in [4.78, 5) is 6.99. The fraction of sp³-hybridized carbons (Fsp3) is 0.688. The van der Waals surface area contributed by atoms with Crippen LogP contribution in [-0.4, -0.2) is 25.6 Å². The molecule has 1 aliphatic rings. The monoisotopic (exact) mass is 261 g/mol. The molecule has 0 aromatic carbocycles. The first-order chi connectivity index (χ1) is 9.20. The van der Waals surface area contributed by atoms with Crippen LogP contribution in [0.5, 0.6) is 0 Å². The van der Waals surface area contributed by atoms with E-state index in [1.54, 1.807) is 0 Å². The standard InChI is InChI=1S/C16H27N3/c1-13-9-15(10-17-2)11-18-16(13)19(3)12-14-7-5-4-6-8-14/h9,11,14,17H,4-8,10,12H2,1-3H3. The molecule has 3 heteroatoms. The lowest BCUT2D eigenvalue weighted by Crippen LogP contribution is -2.28. The highest BCUT2D eigenvalue weighted by Crippen LogP contribution is 2.26. The summed E-state index contributed by atoms with van der Waals surface area (Å²) in [6.07, 6.45) is 9.02. The first-order valence-corrected chi connectivity index (χ1v) is 7.52. The van der Waals surface area contributed by atoms with Gasteiger partial charge in [0.05, 0.1) is 0 Å². The van der Waals surface area contributed by atoms with E-state index in [4.69, 9.17) is 0 Å². The van der Waals surface area contributed by atoms with Crippen molar-refractivity contribution in [2.45, 2.75) is 45.6 Å². The van der Waals surface area contributed by atoms with E-state index in [9.17, 15) is 0 Å². The van der Waals surface area contributed by atoms with E-state index in [2.05, 4.69) is 35.2 Å². The van der Waals surface area contributed by atoms with Crippen LogP contribution in [0.25, 0.3) is 0 Å². The van der Waals surface area contributed by atoms with Crippen LogP contribution in [0, 0.1) is 12.8 Å². The first-order valence-electron chi connectivity index (χ1n) is 7.52. The lowest BCUT2D eigenvalue weighted by molar-refractivity contribution is 0.361. The Bertz CT molecular complexity index is 397. The SMILES string of the molecule is CNCc1cnc(N(C)CC2CCCCC2)c(C)c1. The average molecular weight is 261 g/mol. The topological polar surface area (TPSA) is 28.2 Å². The van der Waals surface area contributed by atoms with Crippen LogP contribution < -0.4 is 10.2 Å². The summed E-state index contributed by atoms with van der Waals surface area (Å²) in [7, 11) is 4.15. The molecule has 0 radical (unpaired) electrons. The van der Waals surface area contributed by atoms with Crippen molar-refractivity contribution in [3.63, 3.8) is 0 Å². The summed E-state index contributed by atoms with van der Waals surface area (Å²) in [5.74, 6) is 2.00.